The molecule has 0 bridgehead atoms. The first-order valence-corrected chi connectivity index (χ1v) is 9.18. The van der Waals surface area contributed by atoms with Crippen molar-refractivity contribution in [3.8, 4) is 40.1 Å². The fraction of sp³-hybridized carbons (Fsp3) is 0.182. The first kappa shape index (κ1) is 17.4. The van der Waals surface area contributed by atoms with Crippen LogP contribution in [0.15, 0.2) is 42.5 Å². The van der Waals surface area contributed by atoms with Crippen LogP contribution in [0.2, 0.25) is 5.02 Å². The topological polar surface area (TPSA) is 66.1 Å². The van der Waals surface area contributed by atoms with Gasteiger partial charge in [-0.3, -0.25) is 0 Å². The Kier molecular flexibility index (Phi) is 4.47. The maximum absolute atomic E-state index is 10.5. The van der Waals surface area contributed by atoms with E-state index in [9.17, 15) is 10.4 Å². The van der Waals surface area contributed by atoms with E-state index in [-0.39, 0.29) is 11.6 Å². The lowest BCUT2D eigenvalue weighted by Gasteiger charge is -2.24. The lowest BCUT2D eigenvalue weighted by atomic mass is 9.83. The lowest BCUT2D eigenvalue weighted by Crippen LogP contribution is -2.11. The highest BCUT2D eigenvalue weighted by Gasteiger charge is 2.27. The Hall–Kier alpha value is -3.03. The Morgan fingerprint density at radius 1 is 1.19 bits per heavy atom. The third-order valence-electron chi connectivity index (χ3n) is 4.80. The average Bonchev–Trinajstić information content (AvgIpc) is 2.69. The zero-order valence-corrected chi connectivity index (χ0v) is 15.5. The molecule has 4 rings (SSSR count). The summed E-state index contributed by atoms with van der Waals surface area (Å²) in [4.78, 5) is 4.69. The van der Waals surface area contributed by atoms with Gasteiger partial charge in [0.15, 0.2) is 0 Å². The van der Waals surface area contributed by atoms with Gasteiger partial charge in [-0.1, -0.05) is 35.9 Å². The molecule has 0 aliphatic heterocycles. The predicted octanol–water partition coefficient (Wildman–Crippen LogP) is 5.14. The van der Waals surface area contributed by atoms with Crippen molar-refractivity contribution < 1.29 is 9.84 Å². The molecule has 4 nitrogen and oxygen atoms in total. The summed E-state index contributed by atoms with van der Waals surface area (Å²) in [6.45, 7) is 2.25. The number of phenols is 1. The monoisotopic (exact) mass is 376 g/mol. The second-order valence-electron chi connectivity index (χ2n) is 6.36. The summed E-state index contributed by atoms with van der Waals surface area (Å²) in [5, 5.41) is 20.8. The standard InChI is InChI=1S/C22H17ClN2O2/c1-2-27-22-18(12-24)20(17-11-14(23)8-10-19(17)26)16-9-7-13-5-3-4-6-15(13)21(16)25-22/h3-6,8,10-11,26H,2,7,9H2,1H3. The average molecular weight is 377 g/mol. The highest BCUT2D eigenvalue weighted by molar-refractivity contribution is 6.31. The molecule has 0 atom stereocenters. The van der Waals surface area contributed by atoms with Gasteiger partial charge in [0.25, 0.3) is 0 Å². The number of nitriles is 1. The van der Waals surface area contributed by atoms with E-state index in [4.69, 9.17) is 21.3 Å². The third-order valence-corrected chi connectivity index (χ3v) is 5.04. The number of hydrogen-bond donors (Lipinski definition) is 1. The molecule has 1 aromatic heterocycles. The van der Waals surface area contributed by atoms with Crippen LogP contribution in [0.3, 0.4) is 0 Å². The maximum Gasteiger partial charge on any atom is 0.232 e. The van der Waals surface area contributed by atoms with E-state index in [1.54, 1.807) is 18.2 Å². The van der Waals surface area contributed by atoms with Gasteiger partial charge in [0.2, 0.25) is 5.88 Å². The summed E-state index contributed by atoms with van der Waals surface area (Å²) >= 11 is 6.19. The molecule has 0 spiro atoms. The van der Waals surface area contributed by atoms with Crippen molar-refractivity contribution in [1.29, 1.82) is 5.26 Å². The van der Waals surface area contributed by atoms with E-state index in [0.29, 0.717) is 28.3 Å². The number of ether oxygens (including phenoxy) is 1. The van der Waals surface area contributed by atoms with E-state index in [1.807, 2.05) is 25.1 Å². The molecule has 0 radical (unpaired) electrons. The zero-order valence-electron chi connectivity index (χ0n) is 14.8. The van der Waals surface area contributed by atoms with Gasteiger partial charge in [0, 0.05) is 21.7 Å². The van der Waals surface area contributed by atoms with E-state index in [1.165, 1.54) is 5.56 Å². The summed E-state index contributed by atoms with van der Waals surface area (Å²) in [6, 6.07) is 15.2. The van der Waals surface area contributed by atoms with E-state index in [0.717, 1.165) is 29.7 Å². The fourth-order valence-corrected chi connectivity index (χ4v) is 3.82. The van der Waals surface area contributed by atoms with Gasteiger partial charge >= 0.3 is 0 Å². The molecule has 0 amide bonds. The highest BCUT2D eigenvalue weighted by atomic mass is 35.5. The maximum atomic E-state index is 10.5. The molecule has 3 aromatic rings. The molecule has 0 unspecified atom stereocenters. The first-order valence-electron chi connectivity index (χ1n) is 8.81. The molecule has 1 N–H and O–H groups in total. The van der Waals surface area contributed by atoms with Crippen molar-refractivity contribution >= 4 is 11.6 Å². The number of hydrogen-bond acceptors (Lipinski definition) is 4. The first-order chi connectivity index (χ1) is 13.1. The van der Waals surface area contributed by atoms with Crippen LogP contribution in [-0.4, -0.2) is 16.7 Å². The van der Waals surface area contributed by atoms with Gasteiger partial charge in [0.05, 0.1) is 12.3 Å². The number of pyridine rings is 1. The van der Waals surface area contributed by atoms with Crippen LogP contribution in [0, 0.1) is 11.3 Å². The molecule has 2 aromatic carbocycles. The van der Waals surface area contributed by atoms with E-state index in [2.05, 4.69) is 12.1 Å². The number of benzene rings is 2. The van der Waals surface area contributed by atoms with Crippen LogP contribution in [0.1, 0.15) is 23.6 Å². The number of rotatable bonds is 3. The SMILES string of the molecule is CCOc1nc2c(c(-c3cc(Cl)ccc3O)c1C#N)CCc1ccccc1-2. The Bertz CT molecular complexity index is 1090. The molecule has 0 fully saturated rings. The van der Waals surface area contributed by atoms with Gasteiger partial charge in [0.1, 0.15) is 17.4 Å². The normalized spacial score (nSPS) is 12.0. The summed E-state index contributed by atoms with van der Waals surface area (Å²) in [5.74, 6) is 0.357. The van der Waals surface area contributed by atoms with Gasteiger partial charge in [-0.05, 0) is 49.1 Å². The second kappa shape index (κ2) is 6.94. The smallest absolute Gasteiger partial charge is 0.232 e. The lowest BCUT2D eigenvalue weighted by molar-refractivity contribution is 0.326. The number of aromatic nitrogens is 1. The molecule has 1 aliphatic rings. The quantitative estimate of drug-likeness (QED) is 0.687. The van der Waals surface area contributed by atoms with Crippen molar-refractivity contribution in [3.05, 3.63) is 64.2 Å². The molecule has 1 aliphatic carbocycles. The number of phenolic OH excluding ortho intramolecular Hbond substituents is 1. The molecule has 1 heterocycles. The van der Waals surface area contributed by atoms with E-state index >= 15 is 0 Å². The summed E-state index contributed by atoms with van der Waals surface area (Å²) in [7, 11) is 0. The van der Waals surface area contributed by atoms with Crippen molar-refractivity contribution in [1.82, 2.24) is 4.98 Å². The summed E-state index contributed by atoms with van der Waals surface area (Å²) < 4.78 is 5.69. The van der Waals surface area contributed by atoms with Crippen LogP contribution in [0.5, 0.6) is 11.6 Å². The molecular weight excluding hydrogens is 360 g/mol. The Morgan fingerprint density at radius 3 is 2.78 bits per heavy atom. The zero-order chi connectivity index (χ0) is 19.0. The largest absolute Gasteiger partial charge is 0.507 e. The van der Waals surface area contributed by atoms with Gasteiger partial charge in [-0.2, -0.15) is 5.26 Å². The van der Waals surface area contributed by atoms with Crippen molar-refractivity contribution in [2.24, 2.45) is 0 Å². The van der Waals surface area contributed by atoms with Gasteiger partial charge in [-0.15, -0.1) is 0 Å². The van der Waals surface area contributed by atoms with Crippen molar-refractivity contribution in [2.45, 2.75) is 19.8 Å². The van der Waals surface area contributed by atoms with Crippen LogP contribution in [0.25, 0.3) is 22.4 Å². The minimum atomic E-state index is 0.0746. The van der Waals surface area contributed by atoms with Gasteiger partial charge < -0.3 is 9.84 Å². The summed E-state index contributed by atoms with van der Waals surface area (Å²) in [5.41, 5.74) is 5.49. The Morgan fingerprint density at radius 2 is 2.00 bits per heavy atom. The Balaban J connectivity index is 2.10. The molecule has 27 heavy (non-hydrogen) atoms. The van der Waals surface area contributed by atoms with Crippen LogP contribution < -0.4 is 4.74 Å². The van der Waals surface area contributed by atoms with Crippen LogP contribution in [0.4, 0.5) is 0 Å². The number of aryl methyl sites for hydroxylation is 1. The number of nitrogens with zero attached hydrogens (tertiary/aromatic N) is 2. The minimum Gasteiger partial charge on any atom is -0.507 e. The number of halogens is 1. The molecular formula is C22H17ClN2O2. The third kappa shape index (κ3) is 2.90. The summed E-state index contributed by atoms with van der Waals surface area (Å²) in [6.07, 6.45) is 1.57. The van der Waals surface area contributed by atoms with Crippen molar-refractivity contribution in [2.75, 3.05) is 6.61 Å². The van der Waals surface area contributed by atoms with Crippen LogP contribution in [-0.2, 0) is 12.8 Å². The fourth-order valence-electron chi connectivity index (χ4n) is 3.65. The number of aromatic hydroxyl groups is 1. The van der Waals surface area contributed by atoms with Crippen molar-refractivity contribution in [3.63, 3.8) is 0 Å². The van der Waals surface area contributed by atoms with E-state index < -0.39 is 0 Å². The molecule has 0 saturated carbocycles. The second-order valence-corrected chi connectivity index (χ2v) is 6.79. The predicted molar refractivity (Wildman–Crippen MR) is 105 cm³/mol. The minimum absolute atomic E-state index is 0.0746. The number of fused-ring (bicyclic) bond motifs is 3. The van der Waals surface area contributed by atoms with Gasteiger partial charge in [-0.25, -0.2) is 4.98 Å². The highest BCUT2D eigenvalue weighted by Crippen LogP contribution is 2.45. The van der Waals surface area contributed by atoms with Crippen LogP contribution >= 0.6 is 11.6 Å². The molecule has 134 valence electrons. The molecule has 5 heteroatoms. The Labute approximate surface area is 162 Å². The molecule has 0 saturated heterocycles.